The van der Waals surface area contributed by atoms with Crippen LogP contribution in [0.4, 0.5) is 10.1 Å². The second-order valence-corrected chi connectivity index (χ2v) is 4.67. The second kappa shape index (κ2) is 6.74. The first kappa shape index (κ1) is 14.8. The van der Waals surface area contributed by atoms with Gasteiger partial charge in [0, 0.05) is 24.3 Å². The number of para-hydroxylation sites is 1. The van der Waals surface area contributed by atoms with Crippen LogP contribution in [0.25, 0.3) is 0 Å². The van der Waals surface area contributed by atoms with E-state index in [1.807, 2.05) is 30.3 Å². The zero-order valence-electron chi connectivity index (χ0n) is 11.4. The second-order valence-electron chi connectivity index (χ2n) is 4.67. The molecule has 2 aromatic carbocycles. The number of phenols is 1. The van der Waals surface area contributed by atoms with E-state index in [2.05, 4.69) is 0 Å². The number of halogens is 1. The standard InChI is InChI=1S/C16H16FNO3/c17-13-6-7-15(19)12(10-13)11-18(9-8-16(20)21)14-4-2-1-3-5-14/h1-7,10,19H,8-9,11H2,(H,20,21). The van der Waals surface area contributed by atoms with Crippen molar-refractivity contribution in [1.29, 1.82) is 0 Å². The summed E-state index contributed by atoms with van der Waals surface area (Å²) in [5.74, 6) is -1.35. The minimum absolute atomic E-state index is 0.00680. The van der Waals surface area contributed by atoms with Gasteiger partial charge in [0.2, 0.25) is 0 Å². The summed E-state index contributed by atoms with van der Waals surface area (Å²) in [7, 11) is 0. The van der Waals surface area contributed by atoms with E-state index in [0.29, 0.717) is 5.56 Å². The number of carboxylic acid groups (broad SMARTS) is 1. The Bertz CT molecular complexity index is 616. The summed E-state index contributed by atoms with van der Waals surface area (Å²) in [4.78, 5) is 12.6. The van der Waals surface area contributed by atoms with Crippen LogP contribution in [0.15, 0.2) is 48.5 Å². The largest absolute Gasteiger partial charge is 0.508 e. The van der Waals surface area contributed by atoms with Gasteiger partial charge in [-0.15, -0.1) is 0 Å². The van der Waals surface area contributed by atoms with Crippen molar-refractivity contribution in [2.45, 2.75) is 13.0 Å². The number of anilines is 1. The monoisotopic (exact) mass is 289 g/mol. The molecular weight excluding hydrogens is 273 g/mol. The summed E-state index contributed by atoms with van der Waals surface area (Å²) in [5, 5.41) is 18.6. The molecule has 2 aromatic rings. The van der Waals surface area contributed by atoms with Crippen LogP contribution in [0.3, 0.4) is 0 Å². The summed E-state index contributed by atoms with van der Waals surface area (Å²) in [6, 6.07) is 13.0. The lowest BCUT2D eigenvalue weighted by molar-refractivity contribution is -0.136. The van der Waals surface area contributed by atoms with Crippen LogP contribution < -0.4 is 4.90 Å². The number of hydrogen-bond donors (Lipinski definition) is 2. The lowest BCUT2D eigenvalue weighted by Crippen LogP contribution is -2.25. The molecule has 110 valence electrons. The minimum atomic E-state index is -0.903. The van der Waals surface area contributed by atoms with E-state index in [1.54, 1.807) is 4.90 Å². The molecule has 0 aliphatic rings. The highest BCUT2D eigenvalue weighted by molar-refractivity contribution is 5.67. The predicted molar refractivity (Wildman–Crippen MR) is 77.8 cm³/mol. The van der Waals surface area contributed by atoms with Crippen molar-refractivity contribution < 1.29 is 19.4 Å². The number of carboxylic acids is 1. The quantitative estimate of drug-likeness (QED) is 0.858. The molecule has 0 atom stereocenters. The Morgan fingerprint density at radius 2 is 1.86 bits per heavy atom. The van der Waals surface area contributed by atoms with Crippen molar-refractivity contribution in [1.82, 2.24) is 0 Å². The van der Waals surface area contributed by atoms with Gasteiger partial charge in [-0.2, -0.15) is 0 Å². The molecule has 4 nitrogen and oxygen atoms in total. The molecule has 0 radical (unpaired) electrons. The van der Waals surface area contributed by atoms with E-state index < -0.39 is 11.8 Å². The van der Waals surface area contributed by atoms with Crippen LogP contribution in [0.1, 0.15) is 12.0 Å². The maximum Gasteiger partial charge on any atom is 0.305 e. The molecule has 2 rings (SSSR count). The summed E-state index contributed by atoms with van der Waals surface area (Å²) < 4.78 is 13.3. The molecule has 2 N–H and O–H groups in total. The average molecular weight is 289 g/mol. The van der Waals surface area contributed by atoms with Gasteiger partial charge < -0.3 is 15.1 Å². The van der Waals surface area contributed by atoms with Crippen molar-refractivity contribution in [3.63, 3.8) is 0 Å². The number of carbonyl (C=O) groups is 1. The summed E-state index contributed by atoms with van der Waals surface area (Å²) in [5.41, 5.74) is 1.24. The number of hydrogen-bond acceptors (Lipinski definition) is 3. The van der Waals surface area contributed by atoms with Gasteiger partial charge >= 0.3 is 5.97 Å². The van der Waals surface area contributed by atoms with Crippen LogP contribution in [-0.4, -0.2) is 22.7 Å². The summed E-state index contributed by atoms with van der Waals surface area (Å²) >= 11 is 0. The number of aliphatic carboxylic acids is 1. The maximum atomic E-state index is 13.3. The van der Waals surface area contributed by atoms with Crippen molar-refractivity contribution in [2.75, 3.05) is 11.4 Å². The summed E-state index contributed by atoms with van der Waals surface area (Å²) in [6.07, 6.45) is -0.0367. The number of benzene rings is 2. The maximum absolute atomic E-state index is 13.3. The van der Waals surface area contributed by atoms with Crippen LogP contribution in [0, 0.1) is 5.82 Å². The molecule has 0 amide bonds. The van der Waals surface area contributed by atoms with Crippen molar-refractivity contribution in [2.24, 2.45) is 0 Å². The van der Waals surface area contributed by atoms with Gasteiger partial charge in [-0.05, 0) is 30.3 Å². The Kier molecular flexibility index (Phi) is 4.77. The number of phenolic OH excluding ortho intramolecular Hbond substituents is 1. The molecule has 0 aliphatic carbocycles. The topological polar surface area (TPSA) is 60.8 Å². The first-order valence-electron chi connectivity index (χ1n) is 6.55. The van der Waals surface area contributed by atoms with Gasteiger partial charge in [-0.3, -0.25) is 4.79 Å². The van der Waals surface area contributed by atoms with E-state index >= 15 is 0 Å². The van der Waals surface area contributed by atoms with Gasteiger partial charge in [-0.25, -0.2) is 4.39 Å². The zero-order chi connectivity index (χ0) is 15.2. The highest BCUT2D eigenvalue weighted by atomic mass is 19.1. The smallest absolute Gasteiger partial charge is 0.305 e. The zero-order valence-corrected chi connectivity index (χ0v) is 11.4. The molecule has 0 unspecified atom stereocenters. The van der Waals surface area contributed by atoms with Crippen LogP contribution in [0.5, 0.6) is 5.75 Å². The molecule has 0 heterocycles. The number of aromatic hydroxyl groups is 1. The third-order valence-electron chi connectivity index (χ3n) is 3.12. The third-order valence-corrected chi connectivity index (χ3v) is 3.12. The molecule has 5 heteroatoms. The van der Waals surface area contributed by atoms with E-state index in [4.69, 9.17) is 5.11 Å². The molecule has 0 fully saturated rings. The van der Waals surface area contributed by atoms with Crippen LogP contribution in [0.2, 0.25) is 0 Å². The number of nitrogens with zero attached hydrogens (tertiary/aromatic N) is 1. The Morgan fingerprint density at radius 3 is 2.52 bits per heavy atom. The van der Waals surface area contributed by atoms with Gasteiger partial charge in [-0.1, -0.05) is 18.2 Å². The SMILES string of the molecule is O=C(O)CCN(Cc1cc(F)ccc1O)c1ccccc1. The van der Waals surface area contributed by atoms with Crippen LogP contribution >= 0.6 is 0 Å². The molecular formula is C16H16FNO3. The normalized spacial score (nSPS) is 10.3. The lowest BCUT2D eigenvalue weighted by Gasteiger charge is -2.24. The Balaban J connectivity index is 2.23. The van der Waals surface area contributed by atoms with Crippen molar-refractivity contribution >= 4 is 11.7 Å². The van der Waals surface area contributed by atoms with Gasteiger partial charge in [0.05, 0.1) is 6.42 Å². The molecule has 0 bridgehead atoms. The highest BCUT2D eigenvalue weighted by Gasteiger charge is 2.12. The molecule has 0 saturated heterocycles. The Morgan fingerprint density at radius 1 is 1.14 bits per heavy atom. The predicted octanol–water partition coefficient (Wildman–Crippen LogP) is 3.01. The average Bonchev–Trinajstić information content (AvgIpc) is 2.47. The number of rotatable bonds is 6. The fraction of sp³-hybridized carbons (Fsp3) is 0.188. The van der Waals surface area contributed by atoms with E-state index in [9.17, 15) is 14.3 Å². The van der Waals surface area contributed by atoms with Crippen molar-refractivity contribution in [3.05, 3.63) is 59.9 Å². The first-order chi connectivity index (χ1) is 10.1. The van der Waals surface area contributed by atoms with Gasteiger partial charge in [0.1, 0.15) is 11.6 Å². The Hall–Kier alpha value is -2.56. The fourth-order valence-corrected chi connectivity index (χ4v) is 2.06. The Labute approximate surface area is 122 Å². The summed E-state index contributed by atoms with van der Waals surface area (Å²) in [6.45, 7) is 0.510. The van der Waals surface area contributed by atoms with E-state index in [1.165, 1.54) is 18.2 Å². The van der Waals surface area contributed by atoms with E-state index in [0.717, 1.165) is 5.69 Å². The molecule has 0 aromatic heterocycles. The third kappa shape index (κ3) is 4.21. The van der Waals surface area contributed by atoms with Crippen molar-refractivity contribution in [3.8, 4) is 5.75 Å². The van der Waals surface area contributed by atoms with Gasteiger partial charge in [0.25, 0.3) is 0 Å². The fourth-order valence-electron chi connectivity index (χ4n) is 2.06. The highest BCUT2D eigenvalue weighted by Crippen LogP contribution is 2.23. The molecule has 0 saturated carbocycles. The molecule has 0 aliphatic heterocycles. The first-order valence-corrected chi connectivity index (χ1v) is 6.55. The lowest BCUT2D eigenvalue weighted by atomic mass is 10.1. The minimum Gasteiger partial charge on any atom is -0.508 e. The molecule has 21 heavy (non-hydrogen) atoms. The molecule has 0 spiro atoms. The van der Waals surface area contributed by atoms with Crippen LogP contribution in [-0.2, 0) is 11.3 Å². The van der Waals surface area contributed by atoms with E-state index in [-0.39, 0.29) is 25.3 Å². The van der Waals surface area contributed by atoms with Gasteiger partial charge in [0.15, 0.2) is 0 Å².